The fourth-order valence-corrected chi connectivity index (χ4v) is 0.356. The van der Waals surface area contributed by atoms with E-state index in [2.05, 4.69) is 22.6 Å². The van der Waals surface area contributed by atoms with Gasteiger partial charge in [0.2, 0.25) is 6.79 Å². The zero-order valence-corrected chi connectivity index (χ0v) is 6.86. The fraction of sp³-hybridized carbons (Fsp3) is 0.286. The van der Waals surface area contributed by atoms with Crippen LogP contribution in [0.1, 0.15) is 0 Å². The molecule has 0 aromatic carbocycles. The van der Waals surface area contributed by atoms with Crippen LogP contribution < -0.4 is 0 Å². The Morgan fingerprint density at radius 3 is 2.67 bits per heavy atom. The molecule has 0 aromatic heterocycles. The SMILES string of the molecule is C=COCON(C)C(=O)OC=C. The lowest BCUT2D eigenvalue weighted by Gasteiger charge is -2.13. The minimum absolute atomic E-state index is 0.0910. The molecule has 0 bridgehead atoms. The molecule has 0 rings (SSSR count). The van der Waals surface area contributed by atoms with Crippen molar-refractivity contribution in [3.8, 4) is 0 Å². The number of amides is 1. The largest absolute Gasteiger partial charge is 0.474 e. The van der Waals surface area contributed by atoms with Gasteiger partial charge in [0, 0.05) is 7.05 Å². The van der Waals surface area contributed by atoms with Crippen molar-refractivity contribution in [3.05, 3.63) is 25.7 Å². The van der Waals surface area contributed by atoms with E-state index in [1.165, 1.54) is 13.3 Å². The number of ether oxygens (including phenoxy) is 2. The van der Waals surface area contributed by atoms with Crippen molar-refractivity contribution >= 4 is 6.09 Å². The van der Waals surface area contributed by atoms with Crippen LogP contribution >= 0.6 is 0 Å². The molecular formula is C7H11NO4. The second kappa shape index (κ2) is 6.23. The first-order valence-corrected chi connectivity index (χ1v) is 3.13. The first-order valence-electron chi connectivity index (χ1n) is 3.13. The van der Waals surface area contributed by atoms with E-state index in [0.717, 1.165) is 11.3 Å². The Bertz CT molecular complexity index is 169. The summed E-state index contributed by atoms with van der Waals surface area (Å²) in [4.78, 5) is 15.5. The Kier molecular flexibility index (Phi) is 5.46. The molecule has 5 heteroatoms. The maximum atomic E-state index is 10.8. The molecule has 0 aliphatic carbocycles. The molecule has 0 aliphatic rings. The predicted octanol–water partition coefficient (Wildman–Crippen LogP) is 1.25. The molecule has 68 valence electrons. The highest BCUT2D eigenvalue weighted by Crippen LogP contribution is 1.91. The zero-order chi connectivity index (χ0) is 9.40. The number of nitrogens with zero attached hydrogens (tertiary/aromatic N) is 1. The third-order valence-electron chi connectivity index (χ3n) is 0.874. The molecule has 0 aromatic rings. The molecule has 5 nitrogen and oxygen atoms in total. The zero-order valence-electron chi connectivity index (χ0n) is 6.86. The van der Waals surface area contributed by atoms with Gasteiger partial charge in [-0.1, -0.05) is 13.2 Å². The van der Waals surface area contributed by atoms with Crippen LogP contribution in [0.3, 0.4) is 0 Å². The second-order valence-corrected chi connectivity index (χ2v) is 1.63. The minimum atomic E-state index is -0.669. The van der Waals surface area contributed by atoms with E-state index in [1.807, 2.05) is 0 Å². The van der Waals surface area contributed by atoms with E-state index in [9.17, 15) is 4.79 Å². The smallest absolute Gasteiger partial charge is 0.438 e. The topological polar surface area (TPSA) is 48.0 Å². The number of rotatable bonds is 5. The first-order chi connectivity index (χ1) is 5.72. The Hall–Kier alpha value is -1.49. The van der Waals surface area contributed by atoms with E-state index >= 15 is 0 Å². The first kappa shape index (κ1) is 10.5. The normalized spacial score (nSPS) is 8.42. The highest BCUT2D eigenvalue weighted by Gasteiger charge is 2.08. The summed E-state index contributed by atoms with van der Waals surface area (Å²) in [6.07, 6.45) is 1.54. The highest BCUT2D eigenvalue weighted by atomic mass is 16.8. The van der Waals surface area contributed by atoms with Gasteiger partial charge in [-0.3, -0.25) is 0 Å². The lowest BCUT2D eigenvalue weighted by Crippen LogP contribution is -2.27. The molecule has 0 N–H and O–H groups in total. The molecular weight excluding hydrogens is 162 g/mol. The number of hydrogen-bond donors (Lipinski definition) is 0. The summed E-state index contributed by atoms with van der Waals surface area (Å²) in [5.41, 5.74) is 0. The molecule has 1 amide bonds. The van der Waals surface area contributed by atoms with Crippen LogP contribution in [-0.4, -0.2) is 25.0 Å². The molecule has 0 spiro atoms. The fourth-order valence-electron chi connectivity index (χ4n) is 0.356. The summed E-state index contributed by atoms with van der Waals surface area (Å²) in [6, 6.07) is 0. The van der Waals surface area contributed by atoms with Crippen LogP contribution in [-0.2, 0) is 14.3 Å². The summed E-state index contributed by atoms with van der Waals surface area (Å²) in [6.45, 7) is 6.40. The quantitative estimate of drug-likeness (QED) is 0.271. The molecule has 0 atom stereocenters. The van der Waals surface area contributed by atoms with Gasteiger partial charge in [0.05, 0.1) is 12.5 Å². The number of carbonyl (C=O) groups excluding carboxylic acids is 1. The second-order valence-electron chi connectivity index (χ2n) is 1.63. The number of hydroxylamine groups is 2. The average Bonchev–Trinajstić information content (AvgIpc) is 2.05. The Morgan fingerprint density at radius 1 is 1.50 bits per heavy atom. The van der Waals surface area contributed by atoms with Crippen molar-refractivity contribution in [2.75, 3.05) is 13.8 Å². The van der Waals surface area contributed by atoms with Gasteiger partial charge in [-0.05, 0) is 0 Å². The van der Waals surface area contributed by atoms with Gasteiger partial charge in [-0.25, -0.2) is 9.63 Å². The van der Waals surface area contributed by atoms with Crippen LogP contribution in [0, 0.1) is 0 Å². The number of carbonyl (C=O) groups is 1. The van der Waals surface area contributed by atoms with Crippen molar-refractivity contribution in [2.24, 2.45) is 0 Å². The van der Waals surface area contributed by atoms with Gasteiger partial charge < -0.3 is 9.47 Å². The van der Waals surface area contributed by atoms with Crippen molar-refractivity contribution in [1.82, 2.24) is 5.06 Å². The van der Waals surface area contributed by atoms with Gasteiger partial charge in [0.1, 0.15) is 0 Å². The molecule has 0 saturated carbocycles. The van der Waals surface area contributed by atoms with Gasteiger partial charge >= 0.3 is 6.09 Å². The van der Waals surface area contributed by atoms with Crippen molar-refractivity contribution in [3.63, 3.8) is 0 Å². The maximum Gasteiger partial charge on any atom is 0.438 e. The van der Waals surface area contributed by atoms with Gasteiger partial charge in [0.15, 0.2) is 0 Å². The van der Waals surface area contributed by atoms with Gasteiger partial charge in [-0.15, -0.1) is 0 Å². The van der Waals surface area contributed by atoms with Crippen LogP contribution in [0.4, 0.5) is 4.79 Å². The average molecular weight is 173 g/mol. The lowest BCUT2D eigenvalue weighted by molar-refractivity contribution is -0.173. The van der Waals surface area contributed by atoms with Crippen molar-refractivity contribution in [1.29, 1.82) is 0 Å². The molecule has 12 heavy (non-hydrogen) atoms. The summed E-state index contributed by atoms with van der Waals surface area (Å²) < 4.78 is 8.98. The van der Waals surface area contributed by atoms with Crippen molar-refractivity contribution in [2.45, 2.75) is 0 Å². The molecule has 0 aliphatic heterocycles. The highest BCUT2D eigenvalue weighted by molar-refractivity contribution is 5.66. The Labute approximate surface area is 70.8 Å². The van der Waals surface area contributed by atoms with Crippen LogP contribution in [0.2, 0.25) is 0 Å². The van der Waals surface area contributed by atoms with Crippen molar-refractivity contribution < 1.29 is 19.1 Å². The summed E-state index contributed by atoms with van der Waals surface area (Å²) in [5.74, 6) is 0. The lowest BCUT2D eigenvalue weighted by atomic mass is 11.0. The standard InChI is InChI=1S/C7H11NO4/c1-4-10-6-12-8(3)7(9)11-5-2/h4-5H,1-2,6H2,3H3. The molecule has 0 heterocycles. The molecule has 0 saturated heterocycles. The van der Waals surface area contributed by atoms with E-state index in [4.69, 9.17) is 4.84 Å². The van der Waals surface area contributed by atoms with Crippen LogP contribution in [0.5, 0.6) is 0 Å². The molecule has 0 unspecified atom stereocenters. The minimum Gasteiger partial charge on any atom is -0.474 e. The van der Waals surface area contributed by atoms with Gasteiger partial charge in [0.25, 0.3) is 0 Å². The van der Waals surface area contributed by atoms with E-state index in [-0.39, 0.29) is 6.79 Å². The monoisotopic (exact) mass is 173 g/mol. The number of hydrogen-bond acceptors (Lipinski definition) is 4. The Balaban J connectivity index is 3.55. The summed E-state index contributed by atoms with van der Waals surface area (Å²) >= 11 is 0. The molecule has 0 radical (unpaired) electrons. The summed E-state index contributed by atoms with van der Waals surface area (Å²) in [7, 11) is 1.39. The summed E-state index contributed by atoms with van der Waals surface area (Å²) in [5, 5.41) is 0.880. The van der Waals surface area contributed by atoms with E-state index < -0.39 is 6.09 Å². The third-order valence-corrected chi connectivity index (χ3v) is 0.874. The predicted molar refractivity (Wildman–Crippen MR) is 41.7 cm³/mol. The van der Waals surface area contributed by atoms with Crippen LogP contribution in [0.25, 0.3) is 0 Å². The van der Waals surface area contributed by atoms with Crippen LogP contribution in [0.15, 0.2) is 25.7 Å². The maximum absolute atomic E-state index is 10.8. The van der Waals surface area contributed by atoms with E-state index in [0.29, 0.717) is 0 Å². The Morgan fingerprint density at radius 2 is 2.17 bits per heavy atom. The third kappa shape index (κ3) is 4.35. The molecule has 0 fully saturated rings. The van der Waals surface area contributed by atoms with E-state index in [1.54, 1.807) is 0 Å². The van der Waals surface area contributed by atoms with Gasteiger partial charge in [-0.2, -0.15) is 5.06 Å².